The van der Waals surface area contributed by atoms with Crippen molar-refractivity contribution in [1.82, 2.24) is 47.8 Å². The van der Waals surface area contributed by atoms with E-state index in [0.717, 1.165) is 54.1 Å². The van der Waals surface area contributed by atoms with Crippen LogP contribution in [0.15, 0.2) is 251 Å². The predicted octanol–water partition coefficient (Wildman–Crippen LogP) is 24.5. The van der Waals surface area contributed by atoms with Gasteiger partial charge >= 0.3 is 29.8 Å². The van der Waals surface area contributed by atoms with Crippen LogP contribution in [0.2, 0.25) is 25.1 Å². The van der Waals surface area contributed by atoms with E-state index in [9.17, 15) is 75.8 Å². The first kappa shape index (κ1) is 92.9. The summed E-state index contributed by atoms with van der Waals surface area (Å²) < 4.78 is 89.3. The third-order valence-electron chi connectivity index (χ3n) is 18.5. The Morgan fingerprint density at radius 3 is 1.03 bits per heavy atom. The molecule has 0 radical (unpaired) electrons. The van der Waals surface area contributed by atoms with Crippen LogP contribution in [0.3, 0.4) is 0 Å². The standard InChI is InChI=1S/C18H14ClFN2O2S.C18H15FN2O2S.C17H11Cl2FN2O2S.C17H11ClF2N2O2S.C17H18ClFN2O2S/c1-11-5-7-12(8-6-11)22-16(17(23)24)9-21-18(22)25-10-13-14(19)3-2-4-15(13)20;1-12-4-2-3-5-13(12)11-24-18-20-10-16(17(22)23)21(18)15-8-6-14(19)7-9-15;18-13-2-1-3-14(19)12(13)9-25-17-21-8-15(16(23)24)22(17)11-6-4-10(20)5-7-11;18-13-5-2-6-14(20)12(13)9-25-17-21-8-15(16(23)24)22(17)11-4-1-3-10(19)7-11;18-13-7-4-8-14(19)12(13)10-24-17-20-9-15(16(22)23)21(17)11-5-2-1-3-6-11/h2-9H,10H2,1H3,(H,23,24);2-10H,11H2,1H3,(H,22,23);2*1-8H,9H2,(H,23,24);4,7-9,11H,1-3,5-6,10H2,(H,22,23). The van der Waals surface area contributed by atoms with Crippen molar-refractivity contribution in [2.75, 3.05) is 0 Å². The van der Waals surface area contributed by atoms with E-state index in [0.29, 0.717) is 103 Å². The molecule has 634 valence electrons. The van der Waals surface area contributed by atoms with Gasteiger partial charge in [0, 0.05) is 93.7 Å². The van der Waals surface area contributed by atoms with Crippen molar-refractivity contribution in [1.29, 1.82) is 0 Å². The number of thioether (sulfide) groups is 5. The van der Waals surface area contributed by atoms with Gasteiger partial charge in [0.05, 0.1) is 36.7 Å². The van der Waals surface area contributed by atoms with E-state index in [-0.39, 0.29) is 62.7 Å². The number of rotatable bonds is 25. The molecule has 5 aromatic heterocycles. The fourth-order valence-electron chi connectivity index (χ4n) is 12.3. The molecule has 0 atom stereocenters. The summed E-state index contributed by atoms with van der Waals surface area (Å²) in [5, 5.41) is 51.3. The normalized spacial score (nSPS) is 11.7. The number of hydrogen-bond donors (Lipinski definition) is 5. The Morgan fingerprint density at radius 1 is 0.341 bits per heavy atom. The van der Waals surface area contributed by atoms with Gasteiger partial charge in [0.1, 0.15) is 40.6 Å². The lowest BCUT2D eigenvalue weighted by molar-refractivity contribution is 0.0670. The maximum absolute atomic E-state index is 13.9. The fraction of sp³-hybridized carbons (Fsp3) is 0.149. The highest BCUT2D eigenvalue weighted by atomic mass is 35.5. The van der Waals surface area contributed by atoms with Crippen molar-refractivity contribution in [3.63, 3.8) is 0 Å². The second-order valence-corrected chi connectivity index (χ2v) is 33.3. The minimum absolute atomic E-state index is 0.0145. The molecule has 5 heterocycles. The lowest BCUT2D eigenvalue weighted by Gasteiger charge is -2.25. The second kappa shape index (κ2) is 44.0. The monoisotopic (exact) mass is 1860 g/mol. The van der Waals surface area contributed by atoms with E-state index in [1.54, 1.807) is 75.9 Å². The molecule has 0 saturated heterocycles. The molecule has 0 unspecified atom stereocenters. The molecule has 0 amide bonds. The molecule has 0 aliphatic heterocycles. The van der Waals surface area contributed by atoms with Gasteiger partial charge in [0.2, 0.25) is 0 Å². The Hall–Kier alpha value is -10.8. The molecule has 1 saturated carbocycles. The molecule has 9 aromatic carbocycles. The van der Waals surface area contributed by atoms with Crippen molar-refractivity contribution in [2.45, 2.75) is 107 Å². The largest absolute Gasteiger partial charge is 0.477 e. The van der Waals surface area contributed by atoms with Gasteiger partial charge < -0.3 is 30.1 Å². The van der Waals surface area contributed by atoms with E-state index in [1.807, 2.05) is 62.4 Å². The number of aryl methyl sites for hydroxylation is 2. The number of carboxylic acids is 5. The van der Waals surface area contributed by atoms with Crippen LogP contribution in [-0.4, -0.2) is 103 Å². The van der Waals surface area contributed by atoms with Crippen LogP contribution in [-0.2, 0) is 28.8 Å². The molecule has 123 heavy (non-hydrogen) atoms. The zero-order valence-corrected chi connectivity index (χ0v) is 72.3. The number of hydrogen-bond acceptors (Lipinski definition) is 15. The molecule has 14 aromatic rings. The zero-order chi connectivity index (χ0) is 88.1. The van der Waals surface area contributed by atoms with Crippen LogP contribution in [0, 0.1) is 48.8 Å². The van der Waals surface area contributed by atoms with Crippen molar-refractivity contribution in [2.24, 2.45) is 0 Å². The van der Waals surface area contributed by atoms with Crippen molar-refractivity contribution >= 4 is 147 Å². The Balaban J connectivity index is 0.000000150. The number of aromatic nitrogens is 10. The van der Waals surface area contributed by atoms with Gasteiger partial charge in [0.25, 0.3) is 0 Å². The summed E-state index contributed by atoms with van der Waals surface area (Å²) in [6.07, 6.45) is 11.7. The van der Waals surface area contributed by atoms with Gasteiger partial charge in [0.15, 0.2) is 48.6 Å². The summed E-state index contributed by atoms with van der Waals surface area (Å²) in [6, 6.07) is 51.0. The van der Waals surface area contributed by atoms with Gasteiger partial charge in [-0.15, -0.1) is 0 Å². The average Bonchev–Trinajstić information content (AvgIpc) is 1.70. The molecule has 1 aliphatic carbocycles. The van der Waals surface area contributed by atoms with Crippen LogP contribution in [0.5, 0.6) is 0 Å². The maximum atomic E-state index is 13.9. The van der Waals surface area contributed by atoms with E-state index in [2.05, 4.69) is 24.9 Å². The van der Waals surface area contributed by atoms with E-state index < -0.39 is 53.1 Å². The van der Waals surface area contributed by atoms with Crippen LogP contribution < -0.4 is 0 Å². The van der Waals surface area contributed by atoms with Gasteiger partial charge in [-0.3, -0.25) is 18.3 Å². The average molecular weight is 1870 g/mol. The maximum Gasteiger partial charge on any atom is 0.354 e. The molecule has 0 spiro atoms. The predicted molar refractivity (Wildman–Crippen MR) is 468 cm³/mol. The SMILES string of the molecule is Cc1ccc(-n2c(C(=O)O)cnc2SCc2c(F)cccc2Cl)cc1.Cc1ccccc1CSc1ncc(C(=O)O)n1-c1ccc(F)cc1.O=C(O)c1cnc(SCc2c(Cl)cccc2Cl)n1-c1ccc(F)cc1.O=C(O)c1cnc(SCc2c(F)cccc2Cl)n1-c1cccc(F)c1.O=C(O)c1cnc(SCc2c(F)cccc2Cl)n1C1CCCCC1. The smallest absolute Gasteiger partial charge is 0.354 e. The highest BCUT2D eigenvalue weighted by Gasteiger charge is 2.28. The minimum Gasteiger partial charge on any atom is -0.477 e. The van der Waals surface area contributed by atoms with Gasteiger partial charge in [-0.1, -0.05) is 208 Å². The second-order valence-electron chi connectivity index (χ2n) is 26.6. The van der Waals surface area contributed by atoms with Crippen LogP contribution >= 0.6 is 117 Å². The summed E-state index contributed by atoms with van der Waals surface area (Å²) >= 11 is 36.9. The summed E-state index contributed by atoms with van der Waals surface area (Å²) in [5.41, 5.74) is 7.44. The van der Waals surface area contributed by atoms with Crippen LogP contribution in [0.4, 0.5) is 26.3 Å². The molecular weight excluding hydrogens is 1800 g/mol. The van der Waals surface area contributed by atoms with Crippen LogP contribution in [0.1, 0.15) is 130 Å². The lowest BCUT2D eigenvalue weighted by atomic mass is 9.95. The molecule has 5 N–H and O–H groups in total. The fourth-order valence-corrected chi connectivity index (χ4v) is 19.1. The quantitative estimate of drug-likeness (QED) is 0.0263. The number of aromatic carboxylic acids is 5. The van der Waals surface area contributed by atoms with E-state index in [4.69, 9.17) is 58.0 Å². The zero-order valence-electron chi connectivity index (χ0n) is 64.5. The highest BCUT2D eigenvalue weighted by Crippen LogP contribution is 2.39. The third kappa shape index (κ3) is 24.2. The Morgan fingerprint density at radius 2 is 0.659 bits per heavy atom. The first-order valence-corrected chi connectivity index (χ1v) is 43.7. The minimum atomic E-state index is -1.20. The number of imidazole rings is 5. The summed E-state index contributed by atoms with van der Waals surface area (Å²) in [4.78, 5) is 78.3. The third-order valence-corrected chi connectivity index (χ3v) is 25.2. The number of nitrogens with zero attached hydrogens (tertiary/aromatic N) is 10. The number of carboxylic acid groups (broad SMARTS) is 5. The molecule has 20 nitrogen and oxygen atoms in total. The molecule has 1 fully saturated rings. The Bertz CT molecular complexity index is 5890. The first-order valence-electron chi connectivity index (χ1n) is 36.8. The highest BCUT2D eigenvalue weighted by molar-refractivity contribution is 7.99. The summed E-state index contributed by atoms with van der Waals surface area (Å²) in [5.74, 6) is -6.16. The van der Waals surface area contributed by atoms with Gasteiger partial charge in [-0.2, -0.15) is 0 Å². The lowest BCUT2D eigenvalue weighted by Crippen LogP contribution is -2.18. The summed E-state index contributed by atoms with van der Waals surface area (Å²) in [7, 11) is 0. The molecule has 15 rings (SSSR count). The Kier molecular flexibility index (Phi) is 33.2. The van der Waals surface area contributed by atoms with Crippen molar-refractivity contribution < 1.29 is 75.8 Å². The van der Waals surface area contributed by atoms with Crippen molar-refractivity contribution in [3.8, 4) is 22.7 Å². The van der Waals surface area contributed by atoms with E-state index >= 15 is 0 Å². The molecule has 0 bridgehead atoms. The first-order chi connectivity index (χ1) is 59.0. The topological polar surface area (TPSA) is 276 Å². The Labute approximate surface area is 746 Å². The number of benzene rings is 9. The van der Waals surface area contributed by atoms with Crippen molar-refractivity contribution in [3.05, 3.63) is 353 Å². The van der Waals surface area contributed by atoms with Crippen LogP contribution in [0.25, 0.3) is 22.7 Å². The summed E-state index contributed by atoms with van der Waals surface area (Å²) in [6.45, 7) is 3.98. The van der Waals surface area contributed by atoms with E-state index in [1.165, 1.54) is 183 Å². The molecule has 36 heteroatoms. The molecular formula is C87H69Cl5F6N10O10S5. The number of halogens is 11. The van der Waals surface area contributed by atoms with Gasteiger partial charge in [-0.05, 0) is 171 Å². The molecule has 1 aliphatic rings. The van der Waals surface area contributed by atoms with Gasteiger partial charge in [-0.25, -0.2) is 75.2 Å². The number of carbonyl (C=O) groups is 5.